The molecule has 7 rings (SSSR count). The predicted octanol–water partition coefficient (Wildman–Crippen LogP) is 4.79. The molecule has 2 N–H and O–H groups in total. The van der Waals surface area contributed by atoms with E-state index in [2.05, 4.69) is 32.3 Å². The molecule has 0 aliphatic carbocycles. The van der Waals surface area contributed by atoms with Crippen molar-refractivity contribution < 1.29 is 24.2 Å². The third kappa shape index (κ3) is 6.67. The molecule has 1 saturated heterocycles. The fourth-order valence-corrected chi connectivity index (χ4v) is 7.08. The first kappa shape index (κ1) is 32.2. The molecule has 1 unspecified atom stereocenters. The lowest BCUT2D eigenvalue weighted by atomic mass is 10.0. The van der Waals surface area contributed by atoms with E-state index in [9.17, 15) is 19.5 Å². The average Bonchev–Trinajstić information content (AvgIpc) is 3.68. The summed E-state index contributed by atoms with van der Waals surface area (Å²) in [4.78, 5) is 57.5. The van der Waals surface area contributed by atoms with Crippen molar-refractivity contribution in [2.45, 2.75) is 25.4 Å². The van der Waals surface area contributed by atoms with Crippen LogP contribution in [0.4, 0.5) is 11.5 Å². The van der Waals surface area contributed by atoms with Crippen LogP contribution in [-0.2, 0) is 20.9 Å². The monoisotopic (exact) mass is 677 g/mol. The molecule has 0 spiro atoms. The highest BCUT2D eigenvalue weighted by molar-refractivity contribution is 7.21. The van der Waals surface area contributed by atoms with Gasteiger partial charge in [0.1, 0.15) is 22.6 Å². The number of phenolic OH excluding ortho intramolecular Hbond substituents is 1. The maximum Gasteiger partial charge on any atom is 0.255 e. The van der Waals surface area contributed by atoms with Gasteiger partial charge in [0.25, 0.3) is 11.8 Å². The first-order valence-corrected chi connectivity index (χ1v) is 16.9. The zero-order valence-corrected chi connectivity index (χ0v) is 27.9. The molecule has 5 aromatic rings. The predicted molar refractivity (Wildman–Crippen MR) is 187 cm³/mol. The number of aromatic nitrogens is 3. The van der Waals surface area contributed by atoms with Gasteiger partial charge in [-0.2, -0.15) is 0 Å². The van der Waals surface area contributed by atoms with E-state index in [1.165, 1.54) is 21.9 Å². The first-order valence-electron chi connectivity index (χ1n) is 16.0. The van der Waals surface area contributed by atoms with Gasteiger partial charge in [-0.25, -0.2) is 9.97 Å². The van der Waals surface area contributed by atoms with Gasteiger partial charge in [0, 0.05) is 68.4 Å². The molecule has 12 nitrogen and oxygen atoms in total. The quantitative estimate of drug-likeness (QED) is 0.148. The number of hydrogen-bond acceptors (Lipinski definition) is 11. The summed E-state index contributed by atoms with van der Waals surface area (Å²) in [6, 6.07) is 17.9. The molecule has 1 fully saturated rings. The number of fused-ring (bicyclic) bond motifs is 2. The number of ether oxygens (including phenoxy) is 1. The number of nitrogens with one attached hydrogen (secondary N) is 1. The number of likely N-dealkylation sites (tertiary alicyclic amines) is 1. The molecule has 3 amide bonds. The van der Waals surface area contributed by atoms with Crippen molar-refractivity contribution in [1.29, 1.82) is 0 Å². The Morgan fingerprint density at radius 2 is 1.82 bits per heavy atom. The Hall–Kier alpha value is -5.40. The SMILES string of the molecule is CN(C)c1ccc2nc(-c3ccc(-c4ccc(NCCOCCN5C(=O)CCC(N6Cc7cc(O)ccc7C6=O)C5=O)nc4)nc3)sc2c1. The maximum absolute atomic E-state index is 13.2. The van der Waals surface area contributed by atoms with Crippen molar-refractivity contribution in [1.82, 2.24) is 24.8 Å². The summed E-state index contributed by atoms with van der Waals surface area (Å²) < 4.78 is 6.85. The Kier molecular flexibility index (Phi) is 8.93. The summed E-state index contributed by atoms with van der Waals surface area (Å²) in [7, 11) is 4.05. The van der Waals surface area contributed by atoms with Crippen LogP contribution < -0.4 is 10.2 Å². The summed E-state index contributed by atoms with van der Waals surface area (Å²) in [5.74, 6) is -0.176. The topological polar surface area (TPSA) is 141 Å². The molecule has 2 aliphatic rings. The van der Waals surface area contributed by atoms with Crippen LogP contribution in [0.15, 0.2) is 73.1 Å². The van der Waals surface area contributed by atoms with E-state index >= 15 is 0 Å². The Morgan fingerprint density at radius 3 is 2.59 bits per heavy atom. The number of rotatable bonds is 11. The van der Waals surface area contributed by atoms with Crippen molar-refractivity contribution in [2.24, 2.45) is 0 Å². The van der Waals surface area contributed by atoms with E-state index in [1.807, 2.05) is 50.6 Å². The zero-order valence-electron chi connectivity index (χ0n) is 27.1. The second-order valence-corrected chi connectivity index (χ2v) is 13.2. The van der Waals surface area contributed by atoms with Gasteiger partial charge in [-0.05, 0) is 72.6 Å². The fraction of sp³-hybridized carbons (Fsp3) is 0.278. The molecule has 0 saturated carbocycles. The summed E-state index contributed by atoms with van der Waals surface area (Å²) in [6.07, 6.45) is 4.06. The average molecular weight is 678 g/mol. The van der Waals surface area contributed by atoms with Crippen molar-refractivity contribution in [2.75, 3.05) is 50.6 Å². The second-order valence-electron chi connectivity index (χ2n) is 12.2. The smallest absolute Gasteiger partial charge is 0.255 e. The molecule has 2 aromatic carbocycles. The highest BCUT2D eigenvalue weighted by atomic mass is 32.1. The number of amides is 3. The van der Waals surface area contributed by atoms with Crippen LogP contribution in [0.5, 0.6) is 5.75 Å². The maximum atomic E-state index is 13.2. The van der Waals surface area contributed by atoms with Gasteiger partial charge < -0.3 is 25.0 Å². The highest BCUT2D eigenvalue weighted by Gasteiger charge is 2.42. The third-order valence-electron chi connectivity index (χ3n) is 8.75. The molecule has 13 heteroatoms. The normalized spacial score (nSPS) is 16.0. The van der Waals surface area contributed by atoms with Gasteiger partial charge in [0.15, 0.2) is 0 Å². The van der Waals surface area contributed by atoms with Crippen LogP contribution in [-0.4, -0.2) is 94.0 Å². The number of phenols is 1. The largest absolute Gasteiger partial charge is 0.508 e. The second kappa shape index (κ2) is 13.6. The third-order valence-corrected chi connectivity index (χ3v) is 9.82. The molecule has 250 valence electrons. The van der Waals surface area contributed by atoms with Crippen molar-refractivity contribution >= 4 is 50.8 Å². The zero-order chi connectivity index (χ0) is 34.1. The number of aromatic hydroxyl groups is 1. The minimum absolute atomic E-state index is 0.0687. The number of carbonyl (C=O) groups excluding carboxylic acids is 3. The molecular weight excluding hydrogens is 643 g/mol. The summed E-state index contributed by atoms with van der Waals surface area (Å²) >= 11 is 1.65. The van der Waals surface area contributed by atoms with Gasteiger partial charge in [-0.3, -0.25) is 24.3 Å². The first-order chi connectivity index (χ1) is 23.7. The van der Waals surface area contributed by atoms with Crippen molar-refractivity contribution in [3.8, 4) is 27.6 Å². The van der Waals surface area contributed by atoms with Crippen molar-refractivity contribution in [3.05, 3.63) is 84.2 Å². The van der Waals surface area contributed by atoms with Gasteiger partial charge in [-0.1, -0.05) is 0 Å². The Labute approximate surface area is 287 Å². The standard InChI is InChI=1S/C36H35N7O5S/c1-41(2)25-5-9-29-31(18-25)49-34(40-29)23-3-8-28(38-20-23)22-4-11-32(39-19-22)37-13-15-48-16-14-42-33(45)12-10-30(36(42)47)43-21-24-17-26(44)6-7-27(24)35(43)46/h3-9,11,17-20,30,44H,10,12-16,21H2,1-2H3,(H,37,39). The van der Waals surface area contributed by atoms with E-state index in [-0.39, 0.29) is 50.1 Å². The number of carbonyl (C=O) groups is 3. The molecular formula is C36H35N7O5S. The van der Waals surface area contributed by atoms with Crippen LogP contribution in [0.3, 0.4) is 0 Å². The van der Waals surface area contributed by atoms with E-state index in [4.69, 9.17) is 9.72 Å². The summed E-state index contributed by atoms with van der Waals surface area (Å²) in [6.45, 7) is 1.34. The van der Waals surface area contributed by atoms with Gasteiger partial charge in [-0.15, -0.1) is 11.3 Å². The number of pyridine rings is 2. The molecule has 1 atom stereocenters. The number of imide groups is 1. The fourth-order valence-electron chi connectivity index (χ4n) is 6.09. The molecule has 5 heterocycles. The Bertz CT molecular complexity index is 2030. The lowest BCUT2D eigenvalue weighted by Gasteiger charge is -2.35. The Balaban J connectivity index is 0.865. The lowest BCUT2D eigenvalue weighted by molar-refractivity contribution is -0.153. The Morgan fingerprint density at radius 1 is 0.980 bits per heavy atom. The van der Waals surface area contributed by atoms with Crippen LogP contribution in [0.25, 0.3) is 32.0 Å². The highest BCUT2D eigenvalue weighted by Crippen LogP contribution is 2.33. The summed E-state index contributed by atoms with van der Waals surface area (Å²) in [5.41, 5.74) is 5.92. The van der Waals surface area contributed by atoms with E-state index in [1.54, 1.807) is 23.6 Å². The van der Waals surface area contributed by atoms with Gasteiger partial charge in [0.05, 0.1) is 35.7 Å². The number of thiazole rings is 1. The van der Waals surface area contributed by atoms with Crippen molar-refractivity contribution in [3.63, 3.8) is 0 Å². The van der Waals surface area contributed by atoms with Gasteiger partial charge in [0.2, 0.25) is 5.91 Å². The minimum atomic E-state index is -0.723. The minimum Gasteiger partial charge on any atom is -0.508 e. The number of hydrogen-bond donors (Lipinski definition) is 2. The van der Waals surface area contributed by atoms with Crippen LogP contribution in [0.2, 0.25) is 0 Å². The summed E-state index contributed by atoms with van der Waals surface area (Å²) in [5, 5.41) is 13.9. The number of piperidine rings is 1. The van der Waals surface area contributed by atoms with E-state index < -0.39 is 11.9 Å². The molecule has 0 bridgehead atoms. The van der Waals surface area contributed by atoms with E-state index in [0.29, 0.717) is 30.1 Å². The lowest BCUT2D eigenvalue weighted by Crippen LogP contribution is -2.55. The van der Waals surface area contributed by atoms with E-state index in [0.717, 1.165) is 37.7 Å². The number of benzene rings is 2. The molecule has 2 aliphatic heterocycles. The van der Waals surface area contributed by atoms with Crippen LogP contribution in [0, 0.1) is 0 Å². The molecule has 0 radical (unpaired) electrons. The van der Waals surface area contributed by atoms with Crippen LogP contribution >= 0.6 is 11.3 Å². The molecule has 3 aromatic heterocycles. The number of anilines is 2. The molecule has 49 heavy (non-hydrogen) atoms. The van der Waals surface area contributed by atoms with Gasteiger partial charge >= 0.3 is 0 Å². The number of nitrogens with zero attached hydrogens (tertiary/aromatic N) is 6. The van der Waals surface area contributed by atoms with Crippen LogP contribution in [0.1, 0.15) is 28.8 Å².